The molecule has 4 atom stereocenters. The SMILES string of the molecule is C=P(C)(C)CC[C@H]1O[C@@H](n2c[n+](CC)c(=O)[nH]c2=O)[C@H](O)[C@@H]1O. The third kappa shape index (κ3) is 4.01. The Kier molecular flexibility index (Phi) is 5.30. The van der Waals surface area contributed by atoms with E-state index in [2.05, 4.69) is 24.6 Å². The Morgan fingerprint density at radius 1 is 1.39 bits per heavy atom. The standard InChI is InChI=1S/C14H24N3O5P/c1-5-16-8-17(14(21)15-13(16)20)12-11(19)10(18)9(22-12)6-7-23(2,3)4/h8-12,18-19H,2,5-7H2,1,3-4H3/p+1/t9-,10-,11-,12-/m1/s1. The molecule has 1 aromatic heterocycles. The van der Waals surface area contributed by atoms with Gasteiger partial charge in [-0.15, -0.1) is 13.2 Å². The molecule has 0 radical (unpaired) electrons. The van der Waals surface area contributed by atoms with Gasteiger partial charge in [-0.2, -0.15) is 9.55 Å². The normalized spacial score (nSPS) is 28.2. The second kappa shape index (κ2) is 6.73. The van der Waals surface area contributed by atoms with Gasteiger partial charge >= 0.3 is 11.4 Å². The number of rotatable bonds is 5. The molecule has 23 heavy (non-hydrogen) atoms. The maximum absolute atomic E-state index is 12.0. The van der Waals surface area contributed by atoms with Crippen molar-refractivity contribution < 1.29 is 19.5 Å². The zero-order valence-corrected chi connectivity index (χ0v) is 14.6. The van der Waals surface area contributed by atoms with Gasteiger partial charge in [0.25, 0.3) is 0 Å². The van der Waals surface area contributed by atoms with Crippen molar-refractivity contribution in [2.24, 2.45) is 0 Å². The molecule has 0 bridgehead atoms. The van der Waals surface area contributed by atoms with E-state index in [0.29, 0.717) is 13.0 Å². The van der Waals surface area contributed by atoms with Crippen LogP contribution in [0.2, 0.25) is 0 Å². The molecule has 1 aliphatic rings. The molecule has 2 rings (SSSR count). The second-order valence-corrected chi connectivity index (χ2v) is 10.9. The monoisotopic (exact) mass is 346 g/mol. The van der Waals surface area contributed by atoms with Crippen molar-refractivity contribution in [1.82, 2.24) is 9.55 Å². The van der Waals surface area contributed by atoms with Crippen LogP contribution in [-0.4, -0.2) is 63.9 Å². The van der Waals surface area contributed by atoms with Crippen LogP contribution in [0, 0.1) is 0 Å². The molecule has 130 valence electrons. The maximum Gasteiger partial charge on any atom is 0.448 e. The zero-order chi connectivity index (χ0) is 17.4. The molecule has 0 aromatic carbocycles. The summed E-state index contributed by atoms with van der Waals surface area (Å²) in [5.41, 5.74) is -1.21. The minimum atomic E-state index is -1.28. The van der Waals surface area contributed by atoms with Gasteiger partial charge < -0.3 is 14.9 Å². The summed E-state index contributed by atoms with van der Waals surface area (Å²) in [6, 6.07) is 0. The lowest BCUT2D eigenvalue weighted by molar-refractivity contribution is -0.715. The Balaban J connectivity index is 2.26. The predicted molar refractivity (Wildman–Crippen MR) is 88.5 cm³/mol. The fourth-order valence-corrected chi connectivity index (χ4v) is 3.52. The molecule has 0 unspecified atom stereocenters. The Hall–Kier alpha value is -1.21. The van der Waals surface area contributed by atoms with Crippen LogP contribution in [0.15, 0.2) is 15.9 Å². The molecular formula is C14H25N3O5P+. The fraction of sp³-hybridized carbons (Fsp3) is 0.714. The van der Waals surface area contributed by atoms with Crippen LogP contribution in [-0.2, 0) is 11.3 Å². The summed E-state index contributed by atoms with van der Waals surface area (Å²) in [6.45, 7) is 5.01. The number of ether oxygens (including phenoxy) is 1. The average Bonchev–Trinajstić information content (AvgIpc) is 2.73. The Labute approximate surface area is 134 Å². The molecular weight excluding hydrogens is 321 g/mol. The molecule has 1 saturated heterocycles. The average molecular weight is 346 g/mol. The first-order valence-electron chi connectivity index (χ1n) is 7.58. The van der Waals surface area contributed by atoms with Gasteiger partial charge in [0.15, 0.2) is 0 Å². The number of nitrogens with one attached hydrogen (secondary N) is 1. The van der Waals surface area contributed by atoms with E-state index in [9.17, 15) is 19.8 Å². The number of aliphatic hydroxyl groups is 2. The molecule has 1 fully saturated rings. The van der Waals surface area contributed by atoms with E-state index in [1.807, 2.05) is 0 Å². The molecule has 8 nitrogen and oxygen atoms in total. The largest absolute Gasteiger partial charge is 0.448 e. The van der Waals surface area contributed by atoms with Gasteiger partial charge in [0.05, 0.1) is 12.6 Å². The first-order valence-corrected chi connectivity index (χ1v) is 10.6. The summed E-state index contributed by atoms with van der Waals surface area (Å²) < 4.78 is 8.11. The summed E-state index contributed by atoms with van der Waals surface area (Å²) in [5, 5.41) is 20.4. The summed E-state index contributed by atoms with van der Waals surface area (Å²) in [5.74, 6) is 0. The lowest BCUT2D eigenvalue weighted by atomic mass is 10.1. The smallest absolute Gasteiger partial charge is 0.387 e. The summed E-state index contributed by atoms with van der Waals surface area (Å²) in [4.78, 5) is 25.8. The van der Waals surface area contributed by atoms with E-state index in [1.165, 1.54) is 10.9 Å². The Morgan fingerprint density at radius 3 is 2.61 bits per heavy atom. The highest BCUT2D eigenvalue weighted by Crippen LogP contribution is 2.39. The van der Waals surface area contributed by atoms with Crippen LogP contribution in [0.5, 0.6) is 0 Å². The third-order valence-electron chi connectivity index (χ3n) is 3.94. The summed E-state index contributed by atoms with van der Waals surface area (Å²) >= 11 is 0. The van der Waals surface area contributed by atoms with E-state index < -0.39 is 42.8 Å². The molecule has 0 amide bonds. The summed E-state index contributed by atoms with van der Waals surface area (Å²) in [6.07, 6.45) is 2.88. The molecule has 1 aromatic rings. The Bertz CT molecular complexity index is 722. The fourth-order valence-electron chi connectivity index (χ4n) is 2.56. The minimum absolute atomic E-state index is 0.366. The number of aliphatic hydroxyl groups excluding tert-OH is 2. The molecule has 0 spiro atoms. The van der Waals surface area contributed by atoms with Crippen molar-refractivity contribution in [3.8, 4) is 0 Å². The van der Waals surface area contributed by atoms with Gasteiger partial charge in [-0.1, -0.05) is 0 Å². The van der Waals surface area contributed by atoms with E-state index >= 15 is 0 Å². The van der Waals surface area contributed by atoms with Gasteiger partial charge in [-0.3, -0.25) is 0 Å². The molecule has 0 saturated carbocycles. The van der Waals surface area contributed by atoms with Crippen LogP contribution in [0.3, 0.4) is 0 Å². The highest BCUT2D eigenvalue weighted by molar-refractivity contribution is 7.72. The maximum atomic E-state index is 12.0. The number of H-pyrrole nitrogens is 1. The number of hydrogen-bond acceptors (Lipinski definition) is 5. The topological polar surface area (TPSA) is 108 Å². The predicted octanol–water partition coefficient (Wildman–Crippen LogP) is -1.44. The van der Waals surface area contributed by atoms with Crippen molar-refractivity contribution >= 4 is 13.2 Å². The number of aryl methyl sites for hydroxylation is 1. The Morgan fingerprint density at radius 2 is 2.04 bits per heavy atom. The van der Waals surface area contributed by atoms with Gasteiger partial charge in [-0.05, 0) is 32.8 Å². The van der Waals surface area contributed by atoms with E-state index in [4.69, 9.17) is 4.74 Å². The van der Waals surface area contributed by atoms with Crippen molar-refractivity contribution in [1.29, 1.82) is 0 Å². The minimum Gasteiger partial charge on any atom is -0.387 e. The van der Waals surface area contributed by atoms with Crippen LogP contribution < -0.4 is 15.9 Å². The van der Waals surface area contributed by atoms with Gasteiger partial charge in [0.2, 0.25) is 12.6 Å². The number of aromatic nitrogens is 3. The van der Waals surface area contributed by atoms with Crippen molar-refractivity contribution in [3.63, 3.8) is 0 Å². The third-order valence-corrected chi connectivity index (χ3v) is 5.41. The van der Waals surface area contributed by atoms with Crippen molar-refractivity contribution in [3.05, 3.63) is 27.3 Å². The van der Waals surface area contributed by atoms with Crippen LogP contribution in [0.4, 0.5) is 0 Å². The highest BCUT2D eigenvalue weighted by atomic mass is 31.2. The van der Waals surface area contributed by atoms with E-state index in [-0.39, 0.29) is 0 Å². The highest BCUT2D eigenvalue weighted by Gasteiger charge is 2.46. The van der Waals surface area contributed by atoms with E-state index in [0.717, 1.165) is 10.7 Å². The van der Waals surface area contributed by atoms with Crippen LogP contribution in [0.25, 0.3) is 0 Å². The summed E-state index contributed by atoms with van der Waals surface area (Å²) in [7, 11) is 0. The van der Waals surface area contributed by atoms with Crippen molar-refractivity contribution in [2.75, 3.05) is 19.5 Å². The zero-order valence-electron chi connectivity index (χ0n) is 13.7. The molecule has 1 aliphatic heterocycles. The second-order valence-electron chi connectivity index (χ2n) is 6.54. The van der Waals surface area contributed by atoms with Crippen LogP contribution in [0.1, 0.15) is 19.6 Å². The first kappa shape index (κ1) is 18.1. The van der Waals surface area contributed by atoms with E-state index in [1.54, 1.807) is 6.92 Å². The molecule has 0 aliphatic carbocycles. The number of hydrogen-bond donors (Lipinski definition) is 3. The molecule has 2 heterocycles. The first-order chi connectivity index (χ1) is 10.6. The lowest BCUT2D eigenvalue weighted by Gasteiger charge is -2.18. The quantitative estimate of drug-likeness (QED) is 0.447. The lowest BCUT2D eigenvalue weighted by Crippen LogP contribution is -2.56. The molecule has 3 N–H and O–H groups in total. The van der Waals surface area contributed by atoms with Crippen LogP contribution >= 0.6 is 6.89 Å². The van der Waals surface area contributed by atoms with Gasteiger partial charge in [0.1, 0.15) is 12.2 Å². The number of aromatic amines is 1. The molecule has 9 heteroatoms. The van der Waals surface area contributed by atoms with Crippen molar-refractivity contribution in [2.45, 2.75) is 44.4 Å². The van der Waals surface area contributed by atoms with Gasteiger partial charge in [0, 0.05) is 0 Å². The van der Waals surface area contributed by atoms with Gasteiger partial charge in [-0.25, -0.2) is 14.2 Å². The number of nitrogens with zero attached hydrogens (tertiary/aromatic N) is 2.